The molecule has 1 aliphatic rings. The molecule has 0 spiro atoms. The van der Waals surface area contributed by atoms with E-state index in [0.717, 1.165) is 22.9 Å². The van der Waals surface area contributed by atoms with Crippen LogP contribution in [0.4, 0.5) is 0 Å². The van der Waals surface area contributed by atoms with Crippen LogP contribution in [-0.4, -0.2) is 20.1 Å². The number of fused-ring (bicyclic) bond motifs is 1. The van der Waals surface area contributed by atoms with Crippen molar-refractivity contribution in [2.24, 2.45) is 0 Å². The van der Waals surface area contributed by atoms with Crippen LogP contribution in [0.25, 0.3) is 0 Å². The van der Waals surface area contributed by atoms with Gasteiger partial charge in [0.05, 0.1) is 0 Å². The van der Waals surface area contributed by atoms with Crippen LogP contribution >= 0.6 is 0 Å². The van der Waals surface area contributed by atoms with Crippen molar-refractivity contribution in [1.82, 2.24) is 0 Å². The third-order valence-electron chi connectivity index (χ3n) is 3.55. The molecule has 1 unspecified atom stereocenters. The summed E-state index contributed by atoms with van der Waals surface area (Å²) in [6.45, 7) is 2.09. The molecule has 1 atom stereocenters. The second-order valence-corrected chi connectivity index (χ2v) is 7.21. The zero-order chi connectivity index (χ0) is 12.6. The van der Waals surface area contributed by atoms with Crippen LogP contribution in [0.3, 0.4) is 0 Å². The Morgan fingerprint density at radius 2 is 1.89 bits per heavy atom. The van der Waals surface area contributed by atoms with Gasteiger partial charge in [-0.05, 0) is 0 Å². The number of aryl methyl sites for hydroxylation is 1. The van der Waals surface area contributed by atoms with E-state index in [9.17, 15) is 5.11 Å². The van der Waals surface area contributed by atoms with Gasteiger partial charge in [0.25, 0.3) is 0 Å². The average molecular weight is 303 g/mol. The summed E-state index contributed by atoms with van der Waals surface area (Å²) in [6, 6.07) is 16.6. The van der Waals surface area contributed by atoms with E-state index in [-0.39, 0.29) is 0 Å². The maximum atomic E-state index is 11.1. The van der Waals surface area contributed by atoms with Gasteiger partial charge in [-0.3, -0.25) is 0 Å². The Hall–Kier alpha value is -1.08. The van der Waals surface area contributed by atoms with Crippen molar-refractivity contribution in [3.05, 3.63) is 65.2 Å². The molecule has 1 N–H and O–H groups in total. The van der Waals surface area contributed by atoms with Crippen LogP contribution < -0.4 is 4.46 Å². The first kappa shape index (κ1) is 12.0. The second-order valence-electron chi connectivity index (χ2n) is 4.82. The minimum atomic E-state index is -0.789. The Balaban J connectivity index is 2.18. The Morgan fingerprint density at radius 1 is 1.11 bits per heavy atom. The summed E-state index contributed by atoms with van der Waals surface area (Å²) >= 11 is 0.504. The maximum absolute atomic E-state index is 11.1. The predicted octanol–water partition coefficient (Wildman–Crippen LogP) is 2.38. The molecule has 0 aliphatic carbocycles. The van der Waals surface area contributed by atoms with Crippen molar-refractivity contribution in [2.45, 2.75) is 24.3 Å². The molecule has 0 aromatic heterocycles. The van der Waals surface area contributed by atoms with Gasteiger partial charge >= 0.3 is 114 Å². The molecule has 1 heterocycles. The van der Waals surface area contributed by atoms with E-state index in [4.69, 9.17) is 0 Å². The SMILES string of the molecule is Cc1ccc2c(c1)C(O)(c1ccccc1)CC[Se]2. The summed E-state index contributed by atoms with van der Waals surface area (Å²) in [6.07, 6.45) is 0.841. The molecule has 1 aliphatic heterocycles. The first-order chi connectivity index (χ1) is 8.70. The third-order valence-corrected chi connectivity index (χ3v) is 5.81. The first-order valence-electron chi connectivity index (χ1n) is 6.22. The van der Waals surface area contributed by atoms with Gasteiger partial charge in [-0.1, -0.05) is 0 Å². The van der Waals surface area contributed by atoms with Crippen LogP contribution in [0.1, 0.15) is 23.1 Å². The van der Waals surface area contributed by atoms with E-state index in [1.54, 1.807) is 0 Å². The van der Waals surface area contributed by atoms with Crippen LogP contribution in [0, 0.1) is 6.92 Å². The van der Waals surface area contributed by atoms with Crippen LogP contribution in [0.15, 0.2) is 48.5 Å². The summed E-state index contributed by atoms with van der Waals surface area (Å²) in [5.74, 6) is 0. The molecule has 0 radical (unpaired) electrons. The van der Waals surface area contributed by atoms with Gasteiger partial charge in [-0.2, -0.15) is 0 Å². The molecule has 2 aromatic rings. The van der Waals surface area contributed by atoms with E-state index in [0.29, 0.717) is 15.0 Å². The number of hydrogen-bond acceptors (Lipinski definition) is 1. The van der Waals surface area contributed by atoms with Crippen molar-refractivity contribution >= 4 is 19.4 Å². The van der Waals surface area contributed by atoms with Crippen molar-refractivity contribution in [3.63, 3.8) is 0 Å². The number of benzene rings is 2. The van der Waals surface area contributed by atoms with Crippen molar-refractivity contribution in [1.29, 1.82) is 0 Å². The average Bonchev–Trinajstić information content (AvgIpc) is 2.41. The number of aliphatic hydroxyl groups is 1. The molecule has 1 nitrogen and oxygen atoms in total. The second kappa shape index (κ2) is 4.55. The Morgan fingerprint density at radius 3 is 2.67 bits per heavy atom. The van der Waals surface area contributed by atoms with E-state index >= 15 is 0 Å². The molecular formula is C16H16OSe. The van der Waals surface area contributed by atoms with Gasteiger partial charge in [-0.15, -0.1) is 0 Å². The molecule has 0 saturated carbocycles. The summed E-state index contributed by atoms with van der Waals surface area (Å²) in [5.41, 5.74) is 2.58. The quantitative estimate of drug-likeness (QED) is 0.802. The van der Waals surface area contributed by atoms with Crippen LogP contribution in [0.5, 0.6) is 0 Å². The Labute approximate surface area is 114 Å². The van der Waals surface area contributed by atoms with E-state index in [1.807, 2.05) is 30.3 Å². The summed E-state index contributed by atoms with van der Waals surface area (Å²) in [5, 5.41) is 12.2. The molecule has 92 valence electrons. The Kier molecular flexibility index (Phi) is 3.03. The predicted molar refractivity (Wildman–Crippen MR) is 75.4 cm³/mol. The summed E-state index contributed by atoms with van der Waals surface area (Å²) in [7, 11) is 0. The first-order valence-corrected chi connectivity index (χ1v) is 8.29. The molecule has 2 heteroatoms. The zero-order valence-electron chi connectivity index (χ0n) is 10.4. The normalized spacial score (nSPS) is 22.6. The van der Waals surface area contributed by atoms with Gasteiger partial charge < -0.3 is 0 Å². The molecule has 0 saturated heterocycles. The molecule has 0 fully saturated rings. The molecule has 0 amide bonds. The van der Waals surface area contributed by atoms with Gasteiger partial charge in [0, 0.05) is 0 Å². The van der Waals surface area contributed by atoms with E-state index in [1.165, 1.54) is 10.0 Å². The summed E-state index contributed by atoms with van der Waals surface area (Å²) < 4.78 is 1.35. The van der Waals surface area contributed by atoms with Gasteiger partial charge in [0.15, 0.2) is 0 Å². The van der Waals surface area contributed by atoms with Gasteiger partial charge in [0.2, 0.25) is 0 Å². The van der Waals surface area contributed by atoms with Crippen LogP contribution in [0.2, 0.25) is 5.32 Å². The van der Waals surface area contributed by atoms with Crippen molar-refractivity contribution in [3.8, 4) is 0 Å². The third kappa shape index (κ3) is 1.91. The number of hydrogen-bond donors (Lipinski definition) is 1. The van der Waals surface area contributed by atoms with Crippen molar-refractivity contribution in [2.75, 3.05) is 0 Å². The Bertz CT molecular complexity index is 565. The fraction of sp³-hybridized carbons (Fsp3) is 0.250. The summed E-state index contributed by atoms with van der Waals surface area (Å²) in [4.78, 5) is 0. The fourth-order valence-electron chi connectivity index (χ4n) is 2.55. The molecule has 0 bridgehead atoms. The minimum absolute atomic E-state index is 0.504. The van der Waals surface area contributed by atoms with E-state index in [2.05, 4.69) is 25.1 Å². The fourth-order valence-corrected chi connectivity index (χ4v) is 4.99. The van der Waals surface area contributed by atoms with Gasteiger partial charge in [0.1, 0.15) is 0 Å². The standard InChI is InChI=1S/C16H16OSe/c1-12-7-8-15-14(11-12)16(17,9-10-18-15)13-5-3-2-4-6-13/h2-8,11,17H,9-10H2,1H3. The van der Waals surface area contributed by atoms with Crippen LogP contribution in [-0.2, 0) is 5.60 Å². The number of rotatable bonds is 1. The molecule has 18 heavy (non-hydrogen) atoms. The zero-order valence-corrected chi connectivity index (χ0v) is 12.1. The molecule has 2 aromatic carbocycles. The monoisotopic (exact) mass is 304 g/mol. The van der Waals surface area contributed by atoms with E-state index < -0.39 is 5.60 Å². The van der Waals surface area contributed by atoms with Crippen molar-refractivity contribution < 1.29 is 5.11 Å². The molecular weight excluding hydrogens is 287 g/mol. The topological polar surface area (TPSA) is 20.2 Å². The van der Waals surface area contributed by atoms with Gasteiger partial charge in [-0.25, -0.2) is 0 Å². The molecule has 3 rings (SSSR count).